The molecule has 0 amide bonds. The van der Waals surface area contributed by atoms with Crippen LogP contribution in [-0.2, 0) is 26.1 Å². The molecule has 0 atom stereocenters. The molecule has 9 heteroatoms. The summed E-state index contributed by atoms with van der Waals surface area (Å²) in [5, 5.41) is 15.0. The fourth-order valence-electron chi connectivity index (χ4n) is 2.75. The van der Waals surface area contributed by atoms with Gasteiger partial charge in [0.15, 0.2) is 11.8 Å². The maximum Gasteiger partial charge on any atom is 0.214 e. The molecule has 0 unspecified atom stereocenters. The largest absolute Gasteiger partial charge is 0.444 e. The van der Waals surface area contributed by atoms with Crippen molar-refractivity contribution in [2.75, 3.05) is 6.54 Å². The minimum Gasteiger partial charge on any atom is -0.444 e. The van der Waals surface area contributed by atoms with Gasteiger partial charge in [-0.05, 0) is 33.6 Å². The Bertz CT molecular complexity index is 703. The average Bonchev–Trinajstić information content (AvgIpc) is 3.14. The highest BCUT2D eigenvalue weighted by Crippen LogP contribution is 2.14. The van der Waals surface area contributed by atoms with Gasteiger partial charge in [-0.15, -0.1) is 34.2 Å². The molecule has 0 saturated carbocycles. The number of hydrogen-bond acceptors (Lipinski definition) is 5. The molecule has 0 saturated heterocycles. The number of aliphatic imine (C=N–C) groups is 1. The lowest BCUT2D eigenvalue weighted by atomic mass is 10.2. The van der Waals surface area contributed by atoms with Gasteiger partial charge in [0.05, 0.1) is 12.2 Å². The van der Waals surface area contributed by atoms with E-state index in [1.165, 1.54) is 12.8 Å². The maximum atomic E-state index is 5.58. The number of aryl methyl sites for hydroxylation is 3. The highest BCUT2D eigenvalue weighted by atomic mass is 127. The number of nitrogens with one attached hydrogen (secondary N) is 2. The van der Waals surface area contributed by atoms with E-state index in [-0.39, 0.29) is 24.0 Å². The first-order valence-corrected chi connectivity index (χ1v) is 8.53. The van der Waals surface area contributed by atoms with Crippen LogP contribution in [0.2, 0.25) is 0 Å². The summed E-state index contributed by atoms with van der Waals surface area (Å²) in [7, 11) is 0. The predicted molar refractivity (Wildman–Crippen MR) is 106 cm³/mol. The average molecular weight is 459 g/mol. The molecule has 3 rings (SSSR count). The van der Waals surface area contributed by atoms with Gasteiger partial charge in [0.2, 0.25) is 5.89 Å². The summed E-state index contributed by atoms with van der Waals surface area (Å²) in [5.41, 5.74) is 0.920. The van der Waals surface area contributed by atoms with Crippen LogP contribution in [-0.4, -0.2) is 32.3 Å². The van der Waals surface area contributed by atoms with E-state index < -0.39 is 0 Å². The third-order valence-corrected chi connectivity index (χ3v) is 4.14. The molecule has 2 N–H and O–H groups in total. The molecule has 2 aromatic rings. The van der Waals surface area contributed by atoms with E-state index in [1.54, 1.807) is 0 Å². The van der Waals surface area contributed by atoms with Crippen LogP contribution in [0.4, 0.5) is 0 Å². The first-order chi connectivity index (χ1) is 11.7. The lowest BCUT2D eigenvalue weighted by Crippen LogP contribution is -2.37. The minimum absolute atomic E-state index is 0. The second kappa shape index (κ2) is 9.16. The molecule has 2 aromatic heterocycles. The topological polar surface area (TPSA) is 93.2 Å². The molecular formula is C16H26IN7O. The van der Waals surface area contributed by atoms with Gasteiger partial charge in [-0.1, -0.05) is 0 Å². The molecule has 1 aliphatic heterocycles. The molecule has 0 aromatic carbocycles. The fourth-order valence-corrected chi connectivity index (χ4v) is 2.75. The normalized spacial score (nSPS) is 14.0. The van der Waals surface area contributed by atoms with Gasteiger partial charge in [0.25, 0.3) is 0 Å². The first-order valence-electron chi connectivity index (χ1n) is 8.53. The van der Waals surface area contributed by atoms with E-state index in [1.807, 2.05) is 20.8 Å². The van der Waals surface area contributed by atoms with Crippen LogP contribution in [0, 0.1) is 13.8 Å². The van der Waals surface area contributed by atoms with Gasteiger partial charge < -0.3 is 19.6 Å². The molecule has 0 radical (unpaired) electrons. The zero-order valence-corrected chi connectivity index (χ0v) is 17.3. The van der Waals surface area contributed by atoms with Crippen molar-refractivity contribution in [3.8, 4) is 0 Å². The lowest BCUT2D eigenvalue weighted by Gasteiger charge is -2.14. The number of fused-ring (bicyclic) bond motifs is 1. The van der Waals surface area contributed by atoms with Gasteiger partial charge in [0, 0.05) is 19.5 Å². The van der Waals surface area contributed by atoms with E-state index in [9.17, 15) is 0 Å². The van der Waals surface area contributed by atoms with Crippen molar-refractivity contribution >= 4 is 29.9 Å². The van der Waals surface area contributed by atoms with Gasteiger partial charge in [-0.2, -0.15) is 0 Å². The van der Waals surface area contributed by atoms with Crippen molar-refractivity contribution in [2.45, 2.75) is 59.7 Å². The zero-order valence-electron chi connectivity index (χ0n) is 15.0. The molecule has 1 aliphatic rings. The van der Waals surface area contributed by atoms with E-state index >= 15 is 0 Å². The Balaban J connectivity index is 0.00000225. The van der Waals surface area contributed by atoms with E-state index in [2.05, 4.69) is 35.4 Å². The molecule has 3 heterocycles. The van der Waals surface area contributed by atoms with Crippen molar-refractivity contribution in [1.82, 2.24) is 30.4 Å². The third kappa shape index (κ3) is 4.93. The second-order valence-electron chi connectivity index (χ2n) is 5.94. The van der Waals surface area contributed by atoms with Crippen LogP contribution in [0.5, 0.6) is 0 Å². The van der Waals surface area contributed by atoms with Crippen LogP contribution in [0.15, 0.2) is 9.41 Å². The van der Waals surface area contributed by atoms with Crippen LogP contribution in [0.3, 0.4) is 0 Å². The Hall–Kier alpha value is -1.65. The number of hydrogen-bond donors (Lipinski definition) is 2. The van der Waals surface area contributed by atoms with Crippen LogP contribution >= 0.6 is 24.0 Å². The number of oxazole rings is 1. The minimum atomic E-state index is 0. The summed E-state index contributed by atoms with van der Waals surface area (Å²) in [6.45, 7) is 8.68. The van der Waals surface area contributed by atoms with Crippen molar-refractivity contribution in [3.05, 3.63) is 29.0 Å². The Morgan fingerprint density at radius 2 is 2.08 bits per heavy atom. The first kappa shape index (κ1) is 19.7. The number of aromatic nitrogens is 4. The Labute approximate surface area is 164 Å². The SMILES string of the molecule is CCNC(=NCc1nnc2n1CCCC2)NCc1nc(C)c(C)o1.I. The number of rotatable bonds is 5. The Morgan fingerprint density at radius 1 is 1.24 bits per heavy atom. The summed E-state index contributed by atoms with van der Waals surface area (Å²) >= 11 is 0. The van der Waals surface area contributed by atoms with E-state index in [0.29, 0.717) is 19.0 Å². The standard InChI is InChI=1S/C16H25N7O.HI/c1-4-17-16(19-10-15-20-11(2)12(3)24-15)18-9-14-22-21-13-7-5-6-8-23(13)14;/h4-10H2,1-3H3,(H2,17,18,19);1H. The number of halogens is 1. The van der Waals surface area contributed by atoms with Gasteiger partial charge in [-0.3, -0.25) is 0 Å². The third-order valence-electron chi connectivity index (χ3n) is 4.14. The van der Waals surface area contributed by atoms with Crippen LogP contribution in [0.25, 0.3) is 0 Å². The summed E-state index contributed by atoms with van der Waals surface area (Å²) in [4.78, 5) is 8.98. The van der Waals surface area contributed by atoms with E-state index in [0.717, 1.165) is 48.6 Å². The summed E-state index contributed by atoms with van der Waals surface area (Å²) in [5.74, 6) is 4.23. The van der Waals surface area contributed by atoms with Gasteiger partial charge in [0.1, 0.15) is 18.1 Å². The van der Waals surface area contributed by atoms with Crippen molar-refractivity contribution in [1.29, 1.82) is 0 Å². The molecule has 25 heavy (non-hydrogen) atoms. The molecule has 0 aliphatic carbocycles. The molecule has 0 fully saturated rings. The lowest BCUT2D eigenvalue weighted by molar-refractivity contribution is 0.463. The molecule has 8 nitrogen and oxygen atoms in total. The van der Waals surface area contributed by atoms with E-state index in [4.69, 9.17) is 4.42 Å². The Kier molecular flexibility index (Phi) is 7.21. The summed E-state index contributed by atoms with van der Waals surface area (Å²) in [6.07, 6.45) is 3.39. The quantitative estimate of drug-likeness (QED) is 0.404. The van der Waals surface area contributed by atoms with Gasteiger partial charge >= 0.3 is 0 Å². The Morgan fingerprint density at radius 3 is 2.80 bits per heavy atom. The number of guanidine groups is 1. The summed E-state index contributed by atoms with van der Waals surface area (Å²) < 4.78 is 7.78. The van der Waals surface area contributed by atoms with Crippen molar-refractivity contribution < 1.29 is 4.42 Å². The predicted octanol–water partition coefficient (Wildman–Crippen LogP) is 2.09. The molecular weight excluding hydrogens is 433 g/mol. The van der Waals surface area contributed by atoms with Crippen molar-refractivity contribution in [2.24, 2.45) is 4.99 Å². The molecule has 0 bridgehead atoms. The van der Waals surface area contributed by atoms with Crippen LogP contribution in [0.1, 0.15) is 48.8 Å². The fraction of sp³-hybridized carbons (Fsp3) is 0.625. The number of nitrogens with zero attached hydrogens (tertiary/aromatic N) is 5. The maximum absolute atomic E-state index is 5.58. The van der Waals surface area contributed by atoms with Gasteiger partial charge in [-0.25, -0.2) is 9.98 Å². The van der Waals surface area contributed by atoms with Crippen LogP contribution < -0.4 is 10.6 Å². The highest BCUT2D eigenvalue weighted by Gasteiger charge is 2.15. The highest BCUT2D eigenvalue weighted by molar-refractivity contribution is 14.0. The van der Waals surface area contributed by atoms with Crippen molar-refractivity contribution in [3.63, 3.8) is 0 Å². The zero-order chi connectivity index (χ0) is 16.9. The second-order valence-corrected chi connectivity index (χ2v) is 5.94. The smallest absolute Gasteiger partial charge is 0.214 e. The summed E-state index contributed by atoms with van der Waals surface area (Å²) in [6, 6.07) is 0. The monoisotopic (exact) mass is 459 g/mol. The molecule has 138 valence electrons. The molecule has 0 spiro atoms.